The van der Waals surface area contributed by atoms with Gasteiger partial charge in [0.15, 0.2) is 0 Å². The van der Waals surface area contributed by atoms with Crippen LogP contribution >= 0.6 is 0 Å². The molecule has 6 heteroatoms. The molecule has 1 saturated heterocycles. The normalized spacial score (nSPS) is 15.7. The third kappa shape index (κ3) is 6.02. The van der Waals surface area contributed by atoms with Gasteiger partial charge in [0.05, 0.1) is 0 Å². The number of hydrogen-bond acceptors (Lipinski definition) is 4. The molecule has 2 rings (SSSR count). The number of hydrogen-bond donors (Lipinski definition) is 1. The van der Waals surface area contributed by atoms with Crippen molar-refractivity contribution in [3.05, 3.63) is 34.9 Å². The molecule has 26 heavy (non-hydrogen) atoms. The summed E-state index contributed by atoms with van der Waals surface area (Å²) < 4.78 is 5.40. The molecule has 1 aliphatic rings. The van der Waals surface area contributed by atoms with Gasteiger partial charge in [-0.15, -0.1) is 0 Å². The molecule has 1 aromatic carbocycles. The maximum atomic E-state index is 12.2. The lowest BCUT2D eigenvalue weighted by Gasteiger charge is -2.35. The summed E-state index contributed by atoms with van der Waals surface area (Å²) in [6.07, 6.45) is -0.250. The molecule has 1 aliphatic heterocycles. The fourth-order valence-corrected chi connectivity index (χ4v) is 2.79. The zero-order chi connectivity index (χ0) is 19.3. The van der Waals surface area contributed by atoms with Crippen molar-refractivity contribution >= 4 is 12.0 Å². The highest BCUT2D eigenvalue weighted by molar-refractivity contribution is 5.94. The molecule has 0 unspecified atom stereocenters. The second-order valence-electron chi connectivity index (χ2n) is 7.86. The highest BCUT2D eigenvalue weighted by atomic mass is 16.6. The zero-order valence-corrected chi connectivity index (χ0v) is 16.6. The summed E-state index contributed by atoms with van der Waals surface area (Å²) in [6.45, 7) is 13.9. The van der Waals surface area contributed by atoms with Crippen molar-refractivity contribution in [1.82, 2.24) is 15.1 Å². The van der Waals surface area contributed by atoms with Crippen LogP contribution in [0.25, 0.3) is 0 Å². The van der Waals surface area contributed by atoms with E-state index in [2.05, 4.69) is 10.2 Å². The highest BCUT2D eigenvalue weighted by Crippen LogP contribution is 2.12. The predicted octanol–water partition coefficient (Wildman–Crippen LogP) is 2.59. The van der Waals surface area contributed by atoms with Crippen molar-refractivity contribution in [3.8, 4) is 0 Å². The Morgan fingerprint density at radius 1 is 1.08 bits per heavy atom. The molecule has 6 nitrogen and oxygen atoms in total. The van der Waals surface area contributed by atoms with E-state index >= 15 is 0 Å². The summed E-state index contributed by atoms with van der Waals surface area (Å²) in [4.78, 5) is 28.3. The van der Waals surface area contributed by atoms with Crippen LogP contribution < -0.4 is 5.32 Å². The molecule has 1 N–H and O–H groups in total. The van der Waals surface area contributed by atoms with Gasteiger partial charge in [-0.05, 0) is 57.9 Å². The first-order valence-electron chi connectivity index (χ1n) is 9.21. The zero-order valence-electron chi connectivity index (χ0n) is 16.6. The molecule has 1 aromatic rings. The topological polar surface area (TPSA) is 61.9 Å². The molecule has 0 bridgehead atoms. The van der Waals surface area contributed by atoms with Crippen LogP contribution in [-0.2, 0) is 4.74 Å². The van der Waals surface area contributed by atoms with Crippen molar-refractivity contribution in [2.45, 2.75) is 40.2 Å². The standard InChI is InChI=1S/C20H31N3O3/c1-15-6-7-17(14-16(15)2)18(24)21-8-9-22-10-12-23(13-11-22)19(25)26-20(3,4)5/h6-7,14H,8-13H2,1-5H3,(H,21,24). The number of carbonyl (C=O) groups is 2. The van der Waals surface area contributed by atoms with Crippen LogP contribution in [-0.4, -0.2) is 66.7 Å². The van der Waals surface area contributed by atoms with E-state index in [1.807, 2.05) is 52.8 Å². The van der Waals surface area contributed by atoms with Crippen molar-refractivity contribution in [2.75, 3.05) is 39.3 Å². The summed E-state index contributed by atoms with van der Waals surface area (Å²) in [7, 11) is 0. The van der Waals surface area contributed by atoms with Gasteiger partial charge in [0, 0.05) is 44.8 Å². The van der Waals surface area contributed by atoms with Crippen LogP contribution in [0.1, 0.15) is 42.3 Å². The van der Waals surface area contributed by atoms with Gasteiger partial charge in [-0.1, -0.05) is 6.07 Å². The lowest BCUT2D eigenvalue weighted by atomic mass is 10.1. The summed E-state index contributed by atoms with van der Waals surface area (Å²) in [5, 5.41) is 2.97. The Kier molecular flexibility index (Phi) is 6.64. The van der Waals surface area contributed by atoms with Gasteiger partial charge in [0.1, 0.15) is 5.60 Å². The SMILES string of the molecule is Cc1ccc(C(=O)NCCN2CCN(C(=O)OC(C)(C)C)CC2)cc1C. The second kappa shape index (κ2) is 8.54. The number of aryl methyl sites for hydroxylation is 2. The van der Waals surface area contributed by atoms with Crippen LogP contribution in [0.4, 0.5) is 4.79 Å². The molecule has 0 aromatic heterocycles. The minimum absolute atomic E-state index is 0.0412. The number of ether oxygens (including phenoxy) is 1. The number of carbonyl (C=O) groups excluding carboxylic acids is 2. The molecule has 0 aliphatic carbocycles. The van der Waals surface area contributed by atoms with Gasteiger partial charge < -0.3 is 15.0 Å². The minimum Gasteiger partial charge on any atom is -0.444 e. The number of nitrogens with one attached hydrogen (secondary N) is 1. The largest absolute Gasteiger partial charge is 0.444 e. The van der Waals surface area contributed by atoms with E-state index in [-0.39, 0.29) is 12.0 Å². The number of nitrogens with zero attached hydrogens (tertiary/aromatic N) is 2. The fourth-order valence-electron chi connectivity index (χ4n) is 2.79. The van der Waals surface area contributed by atoms with E-state index in [9.17, 15) is 9.59 Å². The van der Waals surface area contributed by atoms with Gasteiger partial charge in [-0.2, -0.15) is 0 Å². The first kappa shape index (κ1) is 20.2. The second-order valence-corrected chi connectivity index (χ2v) is 7.86. The smallest absolute Gasteiger partial charge is 0.410 e. The van der Waals surface area contributed by atoms with Gasteiger partial charge in [0.25, 0.3) is 5.91 Å². The Labute approximate surface area is 156 Å². The van der Waals surface area contributed by atoms with Crippen molar-refractivity contribution in [3.63, 3.8) is 0 Å². The summed E-state index contributed by atoms with van der Waals surface area (Å²) in [5.41, 5.74) is 2.54. The third-order valence-corrected chi connectivity index (χ3v) is 4.51. The van der Waals surface area contributed by atoms with Gasteiger partial charge in [0.2, 0.25) is 0 Å². The predicted molar refractivity (Wildman–Crippen MR) is 102 cm³/mol. The Morgan fingerprint density at radius 2 is 1.73 bits per heavy atom. The average molecular weight is 361 g/mol. The van der Waals surface area contributed by atoms with Gasteiger partial charge in [-0.25, -0.2) is 4.79 Å². The van der Waals surface area contributed by atoms with Gasteiger partial charge >= 0.3 is 6.09 Å². The molecule has 0 saturated carbocycles. The van der Waals surface area contributed by atoms with Crippen LogP contribution in [0.2, 0.25) is 0 Å². The molecular weight excluding hydrogens is 330 g/mol. The quantitative estimate of drug-likeness (QED) is 0.895. The number of rotatable bonds is 4. The maximum absolute atomic E-state index is 12.2. The van der Waals surface area contributed by atoms with Gasteiger partial charge in [-0.3, -0.25) is 9.69 Å². The van der Waals surface area contributed by atoms with Crippen LogP contribution in [0.15, 0.2) is 18.2 Å². The summed E-state index contributed by atoms with van der Waals surface area (Å²) in [6, 6.07) is 5.75. The Hall–Kier alpha value is -2.08. The maximum Gasteiger partial charge on any atom is 0.410 e. The molecule has 0 spiro atoms. The molecule has 0 radical (unpaired) electrons. The van der Waals surface area contributed by atoms with Crippen LogP contribution in [0.3, 0.4) is 0 Å². The van der Waals surface area contributed by atoms with E-state index in [0.717, 1.165) is 25.2 Å². The van der Waals surface area contributed by atoms with Crippen molar-refractivity contribution in [1.29, 1.82) is 0 Å². The lowest BCUT2D eigenvalue weighted by molar-refractivity contribution is 0.0147. The summed E-state index contributed by atoms with van der Waals surface area (Å²) in [5.74, 6) is -0.0412. The number of benzene rings is 1. The highest BCUT2D eigenvalue weighted by Gasteiger charge is 2.25. The molecular formula is C20H31N3O3. The van der Waals surface area contributed by atoms with Crippen LogP contribution in [0, 0.1) is 13.8 Å². The van der Waals surface area contributed by atoms with E-state index in [1.54, 1.807) is 4.90 Å². The monoisotopic (exact) mass is 361 g/mol. The van der Waals surface area contributed by atoms with Crippen molar-refractivity contribution < 1.29 is 14.3 Å². The first-order valence-corrected chi connectivity index (χ1v) is 9.21. The number of piperazine rings is 1. The van der Waals surface area contributed by atoms with E-state index < -0.39 is 5.60 Å². The molecule has 1 fully saturated rings. The van der Waals surface area contributed by atoms with E-state index in [4.69, 9.17) is 4.74 Å². The summed E-state index contributed by atoms with van der Waals surface area (Å²) >= 11 is 0. The Morgan fingerprint density at radius 3 is 2.31 bits per heavy atom. The third-order valence-electron chi connectivity index (χ3n) is 4.51. The van der Waals surface area contributed by atoms with Crippen LogP contribution in [0.5, 0.6) is 0 Å². The first-order chi connectivity index (χ1) is 12.2. The Bertz CT molecular complexity index is 644. The molecule has 0 atom stereocenters. The molecule has 1 heterocycles. The average Bonchev–Trinajstić information content (AvgIpc) is 2.56. The van der Waals surface area contributed by atoms with Crippen molar-refractivity contribution in [2.24, 2.45) is 0 Å². The lowest BCUT2D eigenvalue weighted by Crippen LogP contribution is -2.51. The fraction of sp³-hybridized carbons (Fsp3) is 0.600. The minimum atomic E-state index is -0.465. The van der Waals surface area contributed by atoms with E-state index in [0.29, 0.717) is 25.2 Å². The molecule has 144 valence electrons. The van der Waals surface area contributed by atoms with E-state index in [1.165, 1.54) is 5.56 Å². The number of amides is 2. The Balaban J connectivity index is 1.71. The molecule has 2 amide bonds.